The fourth-order valence-electron chi connectivity index (χ4n) is 1.25. The van der Waals surface area contributed by atoms with E-state index in [1.54, 1.807) is 4.90 Å². The van der Waals surface area contributed by atoms with E-state index in [1.165, 1.54) is 4.57 Å². The summed E-state index contributed by atoms with van der Waals surface area (Å²) in [7, 11) is 3.66. The van der Waals surface area contributed by atoms with Crippen molar-refractivity contribution < 1.29 is 4.74 Å². The van der Waals surface area contributed by atoms with Crippen LogP contribution in [0.5, 0.6) is 5.88 Å². The predicted molar refractivity (Wildman–Crippen MR) is 46.1 cm³/mol. The van der Waals surface area contributed by atoms with Crippen LogP contribution in [0.3, 0.4) is 0 Å². The van der Waals surface area contributed by atoms with Crippen LogP contribution in [-0.4, -0.2) is 35.5 Å². The highest BCUT2D eigenvalue weighted by atomic mass is 16.5. The van der Waals surface area contributed by atoms with Gasteiger partial charge in [0.1, 0.15) is 6.61 Å². The minimum Gasteiger partial charge on any atom is -0.474 e. The Morgan fingerprint density at radius 2 is 2.23 bits per heavy atom. The molecule has 0 atom stereocenters. The Morgan fingerprint density at radius 3 is 2.92 bits per heavy atom. The number of anilines is 1. The Bertz CT molecular complexity index is 385. The van der Waals surface area contributed by atoms with Crippen LogP contribution < -0.4 is 15.3 Å². The van der Waals surface area contributed by atoms with Crippen molar-refractivity contribution in [3.63, 3.8) is 0 Å². The lowest BCUT2D eigenvalue weighted by molar-refractivity contribution is 0.356. The maximum atomic E-state index is 11.2. The molecule has 2 heterocycles. The highest BCUT2D eigenvalue weighted by Gasteiger charge is 2.20. The van der Waals surface area contributed by atoms with Gasteiger partial charge in [-0.1, -0.05) is 5.10 Å². The van der Waals surface area contributed by atoms with Crippen molar-refractivity contribution in [1.29, 1.82) is 0 Å². The lowest BCUT2D eigenvalue weighted by Gasteiger charge is -2.12. The van der Waals surface area contributed by atoms with E-state index < -0.39 is 0 Å². The summed E-state index contributed by atoms with van der Waals surface area (Å²) < 4.78 is 6.78. The summed E-state index contributed by atoms with van der Waals surface area (Å²) in [4.78, 5) is 12.9. The number of aromatic nitrogens is 3. The van der Waals surface area contributed by atoms with E-state index in [4.69, 9.17) is 4.74 Å². The molecule has 1 aromatic heterocycles. The molecule has 0 aromatic carbocycles. The normalized spacial score (nSPS) is 13.7. The fraction of sp³-hybridized carbons (Fsp3) is 0.571. The first-order valence-corrected chi connectivity index (χ1v) is 3.98. The Morgan fingerprint density at radius 1 is 1.46 bits per heavy atom. The molecule has 1 aromatic rings. The van der Waals surface area contributed by atoms with Crippen LogP contribution in [0.2, 0.25) is 0 Å². The zero-order valence-corrected chi connectivity index (χ0v) is 7.52. The molecule has 0 radical (unpaired) electrons. The Hall–Kier alpha value is -1.59. The second-order valence-corrected chi connectivity index (χ2v) is 3.01. The zero-order chi connectivity index (χ0) is 9.42. The van der Waals surface area contributed by atoms with Gasteiger partial charge in [0.05, 0.1) is 6.54 Å². The summed E-state index contributed by atoms with van der Waals surface area (Å²) in [5, 5.41) is 7.27. The Balaban J connectivity index is 2.63. The molecule has 1 aliphatic rings. The number of rotatable bonds is 1. The van der Waals surface area contributed by atoms with E-state index in [0.717, 1.165) is 0 Å². The third-order valence-electron chi connectivity index (χ3n) is 1.87. The molecule has 6 heteroatoms. The molecule has 0 saturated carbocycles. The molecule has 0 spiro atoms. The largest absolute Gasteiger partial charge is 0.474 e. The van der Waals surface area contributed by atoms with Gasteiger partial charge < -0.3 is 9.64 Å². The average molecular weight is 182 g/mol. The maximum Gasteiger partial charge on any atom is 0.369 e. The third-order valence-corrected chi connectivity index (χ3v) is 1.87. The molecule has 0 N–H and O–H groups in total. The monoisotopic (exact) mass is 182 g/mol. The quantitative estimate of drug-likeness (QED) is 0.563. The van der Waals surface area contributed by atoms with Gasteiger partial charge in [-0.25, -0.2) is 4.79 Å². The van der Waals surface area contributed by atoms with E-state index >= 15 is 0 Å². The van der Waals surface area contributed by atoms with E-state index in [1.807, 2.05) is 14.1 Å². The van der Waals surface area contributed by atoms with E-state index in [0.29, 0.717) is 24.8 Å². The van der Waals surface area contributed by atoms with E-state index in [9.17, 15) is 4.79 Å². The molecule has 0 fully saturated rings. The summed E-state index contributed by atoms with van der Waals surface area (Å²) in [6, 6.07) is 0. The van der Waals surface area contributed by atoms with Crippen molar-refractivity contribution in [3.05, 3.63) is 10.5 Å². The third kappa shape index (κ3) is 1.14. The Labute approximate surface area is 74.8 Å². The molecule has 1 aliphatic heterocycles. The molecule has 13 heavy (non-hydrogen) atoms. The number of ether oxygens (including phenoxy) is 1. The molecule has 2 rings (SSSR count). The van der Waals surface area contributed by atoms with Gasteiger partial charge in [-0.3, -0.25) is 4.57 Å². The zero-order valence-electron chi connectivity index (χ0n) is 7.52. The van der Waals surface area contributed by atoms with Crippen LogP contribution in [0.15, 0.2) is 4.79 Å². The fourth-order valence-corrected chi connectivity index (χ4v) is 1.25. The first-order valence-electron chi connectivity index (χ1n) is 3.98. The highest BCUT2D eigenvalue weighted by Crippen LogP contribution is 2.24. The van der Waals surface area contributed by atoms with Crippen LogP contribution in [-0.2, 0) is 6.54 Å². The second kappa shape index (κ2) is 2.72. The van der Waals surface area contributed by atoms with Crippen LogP contribution in [0.4, 0.5) is 5.82 Å². The summed E-state index contributed by atoms with van der Waals surface area (Å²) >= 11 is 0. The highest BCUT2D eigenvalue weighted by molar-refractivity contribution is 5.46. The molecule has 0 bridgehead atoms. The Kier molecular flexibility index (Phi) is 1.68. The smallest absolute Gasteiger partial charge is 0.369 e. The van der Waals surface area contributed by atoms with Crippen molar-refractivity contribution >= 4 is 5.82 Å². The summed E-state index contributed by atoms with van der Waals surface area (Å²) in [5.41, 5.74) is -0.349. The second-order valence-electron chi connectivity index (χ2n) is 3.01. The van der Waals surface area contributed by atoms with E-state index in [-0.39, 0.29) is 5.69 Å². The van der Waals surface area contributed by atoms with Crippen molar-refractivity contribution in [1.82, 2.24) is 14.8 Å². The SMILES string of the molecule is CN(C)c1nnc(=O)n2c1OCC2. The van der Waals surface area contributed by atoms with Gasteiger partial charge in [-0.15, -0.1) is 5.10 Å². The summed E-state index contributed by atoms with van der Waals surface area (Å²) in [5.74, 6) is 1.11. The standard InChI is InChI=1S/C7H10N4O2/c1-10(2)5-6-11(3-4-13-6)7(12)9-8-5/h3-4H2,1-2H3. The molecule has 0 saturated heterocycles. The van der Waals surface area contributed by atoms with Gasteiger partial charge in [0, 0.05) is 14.1 Å². The van der Waals surface area contributed by atoms with Gasteiger partial charge in [0.2, 0.25) is 11.7 Å². The molecule has 6 nitrogen and oxygen atoms in total. The van der Waals surface area contributed by atoms with Crippen molar-refractivity contribution in [2.45, 2.75) is 6.54 Å². The molecule has 70 valence electrons. The minimum absolute atomic E-state index is 0.349. The van der Waals surface area contributed by atoms with E-state index in [2.05, 4.69) is 10.2 Å². The number of nitrogens with zero attached hydrogens (tertiary/aromatic N) is 4. The topological polar surface area (TPSA) is 60.2 Å². The van der Waals surface area contributed by atoms with Gasteiger partial charge in [-0.2, -0.15) is 0 Å². The van der Waals surface area contributed by atoms with Gasteiger partial charge in [0.15, 0.2) is 0 Å². The molecular formula is C7H10N4O2. The van der Waals surface area contributed by atoms with Gasteiger partial charge >= 0.3 is 5.69 Å². The van der Waals surface area contributed by atoms with Gasteiger partial charge in [0.25, 0.3) is 0 Å². The summed E-state index contributed by atoms with van der Waals surface area (Å²) in [6.45, 7) is 1.08. The molecular weight excluding hydrogens is 172 g/mol. The lowest BCUT2D eigenvalue weighted by atomic mass is 10.6. The predicted octanol–water partition coefficient (Wildman–Crippen LogP) is -0.903. The van der Waals surface area contributed by atoms with Crippen molar-refractivity contribution in [2.24, 2.45) is 0 Å². The maximum absolute atomic E-state index is 11.2. The number of hydrogen-bond donors (Lipinski definition) is 0. The van der Waals surface area contributed by atoms with Crippen molar-refractivity contribution in [2.75, 3.05) is 25.6 Å². The first kappa shape index (κ1) is 8.03. The van der Waals surface area contributed by atoms with Crippen LogP contribution >= 0.6 is 0 Å². The lowest BCUT2D eigenvalue weighted by Crippen LogP contribution is -2.25. The van der Waals surface area contributed by atoms with Gasteiger partial charge in [-0.05, 0) is 0 Å². The average Bonchev–Trinajstić information content (AvgIpc) is 2.53. The molecule has 0 unspecified atom stereocenters. The minimum atomic E-state index is -0.349. The number of hydrogen-bond acceptors (Lipinski definition) is 5. The van der Waals surface area contributed by atoms with Crippen molar-refractivity contribution in [3.8, 4) is 5.88 Å². The molecule has 0 aliphatic carbocycles. The number of fused-ring (bicyclic) bond motifs is 1. The van der Waals surface area contributed by atoms with Crippen LogP contribution in [0.1, 0.15) is 0 Å². The summed E-state index contributed by atoms with van der Waals surface area (Å²) in [6.07, 6.45) is 0. The van der Waals surface area contributed by atoms with Crippen LogP contribution in [0, 0.1) is 0 Å². The van der Waals surface area contributed by atoms with Crippen LogP contribution in [0.25, 0.3) is 0 Å². The first-order chi connectivity index (χ1) is 6.20. The molecule has 0 amide bonds.